The minimum atomic E-state index is -0.997. The Morgan fingerprint density at radius 1 is 0.839 bits per heavy atom. The number of amides is 1. The van der Waals surface area contributed by atoms with E-state index in [-0.39, 0.29) is 18.3 Å². The molecule has 56 heavy (non-hydrogen) atoms. The molecule has 0 bridgehead atoms. The van der Waals surface area contributed by atoms with Crippen LogP contribution in [-0.2, 0) is 24.6 Å². The van der Waals surface area contributed by atoms with Gasteiger partial charge < -0.3 is 25.1 Å². The van der Waals surface area contributed by atoms with Gasteiger partial charge in [0.15, 0.2) is 5.78 Å². The van der Waals surface area contributed by atoms with Gasteiger partial charge in [0.2, 0.25) is 0 Å². The van der Waals surface area contributed by atoms with Gasteiger partial charge in [-0.15, -0.1) is 0 Å². The highest BCUT2D eigenvalue weighted by molar-refractivity contribution is 6.37. The predicted molar refractivity (Wildman–Crippen MR) is 218 cm³/mol. The molecule has 7 rings (SSSR count). The first-order chi connectivity index (χ1) is 27.2. The molecule has 7 aromatic rings. The van der Waals surface area contributed by atoms with Crippen LogP contribution < -0.4 is 20.5 Å². The summed E-state index contributed by atoms with van der Waals surface area (Å²) >= 11 is 13.7. The lowest BCUT2D eigenvalue weighted by atomic mass is 10.1. The largest absolute Gasteiger partial charge is 0.487 e. The number of carbonyl (C=O) groups excluding carboxylic acids is 2. The van der Waals surface area contributed by atoms with Crippen LogP contribution in [0.4, 0.5) is 0 Å². The van der Waals surface area contributed by atoms with Gasteiger partial charge in [-0.3, -0.25) is 19.6 Å². The molecule has 1 atom stereocenters. The Morgan fingerprint density at radius 2 is 1.59 bits per heavy atom. The van der Waals surface area contributed by atoms with E-state index in [9.17, 15) is 9.59 Å². The molecule has 0 spiro atoms. The molecule has 3 aromatic carbocycles. The number of rotatable bonds is 14. The van der Waals surface area contributed by atoms with Gasteiger partial charge in [0.25, 0.3) is 5.91 Å². The van der Waals surface area contributed by atoms with Gasteiger partial charge in [-0.2, -0.15) is 0 Å². The Kier molecular flexibility index (Phi) is 11.8. The minimum Gasteiger partial charge on any atom is -0.487 e. The summed E-state index contributed by atoms with van der Waals surface area (Å²) in [6, 6.07) is 31.7. The summed E-state index contributed by atoms with van der Waals surface area (Å²) in [7, 11) is 0. The number of ether oxygens (including phenoxy) is 2. The third kappa shape index (κ3) is 8.79. The number of para-hydroxylation sites is 1. The maximum Gasteiger partial charge on any atom is 0.251 e. The summed E-state index contributed by atoms with van der Waals surface area (Å²) < 4.78 is 14.3. The van der Waals surface area contributed by atoms with Crippen LogP contribution >= 0.6 is 23.2 Å². The van der Waals surface area contributed by atoms with E-state index in [2.05, 4.69) is 15.3 Å². The summed E-state index contributed by atoms with van der Waals surface area (Å²) in [5, 5.41) is 4.40. The zero-order valence-electron chi connectivity index (χ0n) is 30.2. The van der Waals surface area contributed by atoms with E-state index in [0.717, 1.165) is 28.0 Å². The van der Waals surface area contributed by atoms with Crippen LogP contribution in [0.3, 0.4) is 0 Å². The Balaban J connectivity index is 1.04. The Hall–Kier alpha value is -6.33. The first-order valence-corrected chi connectivity index (χ1v) is 18.5. The summed E-state index contributed by atoms with van der Waals surface area (Å²) in [6.45, 7) is 2.56. The van der Waals surface area contributed by atoms with Crippen molar-refractivity contribution in [1.82, 2.24) is 24.8 Å². The fourth-order valence-electron chi connectivity index (χ4n) is 6.05. The van der Waals surface area contributed by atoms with Gasteiger partial charge in [0, 0.05) is 57.6 Å². The first kappa shape index (κ1) is 38.0. The van der Waals surface area contributed by atoms with Gasteiger partial charge >= 0.3 is 0 Å². The smallest absolute Gasteiger partial charge is 0.251 e. The fraction of sp³-hybridized carbons (Fsp3) is 0.114. The summed E-state index contributed by atoms with van der Waals surface area (Å²) in [6.07, 6.45) is 8.28. The number of nitrogens with two attached hydrogens (primary N) is 1. The molecule has 0 aliphatic rings. The number of halogens is 2. The number of hydrogen-bond acceptors (Lipinski definition) is 8. The molecule has 0 fully saturated rings. The molecule has 3 N–H and O–H groups in total. The molecule has 0 aliphatic heterocycles. The van der Waals surface area contributed by atoms with Gasteiger partial charge in [0.1, 0.15) is 36.3 Å². The lowest BCUT2D eigenvalue weighted by Crippen LogP contribution is -2.23. The molecule has 12 heteroatoms. The van der Waals surface area contributed by atoms with Crippen LogP contribution in [0.5, 0.6) is 11.5 Å². The van der Waals surface area contributed by atoms with Crippen molar-refractivity contribution in [1.29, 1.82) is 0 Å². The molecular weight excluding hydrogens is 747 g/mol. The molecule has 1 unspecified atom stereocenters. The van der Waals surface area contributed by atoms with Gasteiger partial charge in [0.05, 0.1) is 28.6 Å². The van der Waals surface area contributed by atoms with E-state index in [1.807, 2.05) is 67.6 Å². The number of aryl methyl sites for hydroxylation is 1. The highest BCUT2D eigenvalue weighted by atomic mass is 35.5. The number of aromatic nitrogens is 4. The van der Waals surface area contributed by atoms with Crippen molar-refractivity contribution in [3.63, 3.8) is 0 Å². The lowest BCUT2D eigenvalue weighted by molar-refractivity contribution is -0.115. The Morgan fingerprint density at radius 3 is 2.34 bits per heavy atom. The zero-order valence-corrected chi connectivity index (χ0v) is 31.7. The Bertz CT molecular complexity index is 2530. The van der Waals surface area contributed by atoms with Crippen molar-refractivity contribution in [3.05, 3.63) is 183 Å². The van der Waals surface area contributed by atoms with Gasteiger partial charge in [-0.25, -0.2) is 4.98 Å². The number of nitrogens with one attached hydrogen (secondary N) is 1. The number of ketones is 1. The molecular formula is C44H36Cl2N6O4. The average Bonchev–Trinajstić information content (AvgIpc) is 3.71. The normalized spacial score (nSPS) is 11.8. The molecule has 4 heterocycles. The lowest BCUT2D eigenvalue weighted by Gasteiger charge is -2.18. The van der Waals surface area contributed by atoms with Gasteiger partial charge in [-0.05, 0) is 91.4 Å². The van der Waals surface area contributed by atoms with Crippen molar-refractivity contribution < 1.29 is 19.1 Å². The van der Waals surface area contributed by atoms with Crippen molar-refractivity contribution in [2.45, 2.75) is 32.7 Å². The number of nitrogens with zero attached hydrogens (tertiary/aromatic N) is 4. The summed E-state index contributed by atoms with van der Waals surface area (Å²) in [5.74, 6) is 0.653. The highest BCUT2D eigenvalue weighted by Crippen LogP contribution is 2.36. The van der Waals surface area contributed by atoms with Crippen molar-refractivity contribution in [2.75, 3.05) is 0 Å². The maximum absolute atomic E-state index is 13.3. The van der Waals surface area contributed by atoms with E-state index in [0.29, 0.717) is 62.7 Å². The highest BCUT2D eigenvalue weighted by Gasteiger charge is 2.21. The fourth-order valence-corrected chi connectivity index (χ4v) is 6.62. The van der Waals surface area contributed by atoms with Crippen LogP contribution in [0.25, 0.3) is 22.7 Å². The molecule has 280 valence electrons. The zero-order chi connectivity index (χ0) is 39.0. The second-order valence-electron chi connectivity index (χ2n) is 12.8. The second kappa shape index (κ2) is 17.4. The Labute approximate surface area is 333 Å². The van der Waals surface area contributed by atoms with Crippen molar-refractivity contribution in [2.24, 2.45) is 5.73 Å². The van der Waals surface area contributed by atoms with E-state index >= 15 is 0 Å². The molecule has 0 saturated carbocycles. The molecule has 1 amide bonds. The van der Waals surface area contributed by atoms with Crippen LogP contribution in [0, 0.1) is 6.92 Å². The van der Waals surface area contributed by atoms with E-state index in [1.54, 1.807) is 77.8 Å². The van der Waals surface area contributed by atoms with Gasteiger partial charge in [-0.1, -0.05) is 59.6 Å². The second-order valence-corrected chi connectivity index (χ2v) is 13.6. The van der Waals surface area contributed by atoms with Crippen molar-refractivity contribution >= 4 is 51.9 Å². The molecule has 0 saturated heterocycles. The number of benzene rings is 3. The standard InChI is InChI=1S/C44H36Cl2N6O4/c1-28-24-40(55-26-32-9-3-5-22-49-32)33-10-6-12-39(43(33)51-28)56-27-34-35(45)18-19-36(41(34)46)52-23-7-11-37(52)42(47)38(53)20-15-29-13-16-30(17-14-29)44(54)50-25-31-8-2-4-21-48-31/h2-24,42H,25-27,47H2,1H3,(H,50,54)/b20-15+. The minimum absolute atomic E-state index is 0.0410. The average molecular weight is 784 g/mol. The molecule has 0 radical (unpaired) electrons. The summed E-state index contributed by atoms with van der Waals surface area (Å²) in [4.78, 5) is 39.3. The SMILES string of the molecule is Cc1cc(OCc2ccccn2)c2cccc(OCc3c(Cl)ccc(-n4cccc4C(N)C(=O)/C=C/c4ccc(C(=O)NCc5ccccn5)cc4)c3Cl)c2n1. The topological polar surface area (TPSA) is 134 Å². The molecule has 0 aliphatic carbocycles. The van der Waals surface area contributed by atoms with Crippen LogP contribution in [0.2, 0.25) is 10.0 Å². The molecule has 10 nitrogen and oxygen atoms in total. The third-order valence-corrected chi connectivity index (χ3v) is 9.74. The summed E-state index contributed by atoms with van der Waals surface area (Å²) in [5.41, 5.74) is 12.4. The third-order valence-electron chi connectivity index (χ3n) is 8.97. The van der Waals surface area contributed by atoms with E-state index < -0.39 is 6.04 Å². The van der Waals surface area contributed by atoms with Crippen molar-refractivity contribution in [3.8, 4) is 17.2 Å². The van der Waals surface area contributed by atoms with E-state index in [1.165, 1.54) is 6.08 Å². The number of hydrogen-bond donors (Lipinski definition) is 2. The van der Waals surface area contributed by atoms with Crippen LogP contribution in [0.15, 0.2) is 134 Å². The molecule has 4 aromatic heterocycles. The van der Waals surface area contributed by atoms with Crippen LogP contribution in [-0.4, -0.2) is 31.2 Å². The monoisotopic (exact) mass is 782 g/mol. The number of carbonyl (C=O) groups is 2. The quantitative estimate of drug-likeness (QED) is 0.105. The maximum atomic E-state index is 13.3. The van der Waals surface area contributed by atoms with E-state index in [4.69, 9.17) is 43.4 Å². The number of pyridine rings is 3. The number of fused-ring (bicyclic) bond motifs is 1. The first-order valence-electron chi connectivity index (χ1n) is 17.7. The van der Waals surface area contributed by atoms with Crippen LogP contribution in [0.1, 0.15) is 50.3 Å². The predicted octanol–water partition coefficient (Wildman–Crippen LogP) is 8.80.